The van der Waals surface area contributed by atoms with E-state index in [1.807, 2.05) is 13.8 Å². The number of ketones is 1. The van der Waals surface area contributed by atoms with Crippen LogP contribution in [0.25, 0.3) is 0 Å². The molecular formula is C10H21NO3S. The number of carbonyl (C=O) groups excluding carboxylic acids is 1. The van der Waals surface area contributed by atoms with E-state index in [9.17, 15) is 13.2 Å². The van der Waals surface area contributed by atoms with Gasteiger partial charge in [0.1, 0.15) is 5.78 Å². The third-order valence-corrected chi connectivity index (χ3v) is 4.30. The van der Waals surface area contributed by atoms with Crippen LogP contribution in [0.5, 0.6) is 0 Å². The van der Waals surface area contributed by atoms with Crippen LogP contribution in [0, 0.1) is 0 Å². The average Bonchev–Trinajstić information content (AvgIpc) is 2.11. The molecule has 90 valence electrons. The van der Waals surface area contributed by atoms with Crippen molar-refractivity contribution in [3.8, 4) is 0 Å². The highest BCUT2D eigenvalue weighted by atomic mass is 32.2. The minimum atomic E-state index is -3.08. The van der Waals surface area contributed by atoms with Crippen molar-refractivity contribution in [3.05, 3.63) is 0 Å². The van der Waals surface area contributed by atoms with Gasteiger partial charge >= 0.3 is 0 Å². The number of Topliss-reactive ketones (excluding diaryl/α,β-unsaturated/α-hetero) is 1. The highest BCUT2D eigenvalue weighted by molar-refractivity contribution is 7.91. The van der Waals surface area contributed by atoms with Crippen molar-refractivity contribution < 1.29 is 13.2 Å². The molecule has 0 saturated heterocycles. The number of carbonyl (C=O) groups is 1. The highest BCUT2D eigenvalue weighted by Gasteiger charge is 2.17. The molecule has 0 atom stereocenters. The third kappa shape index (κ3) is 6.62. The first-order chi connectivity index (χ1) is 6.75. The summed E-state index contributed by atoms with van der Waals surface area (Å²) in [6.07, 6.45) is 0.111. The summed E-state index contributed by atoms with van der Waals surface area (Å²) < 4.78 is 22.8. The van der Waals surface area contributed by atoms with Gasteiger partial charge in [0.05, 0.1) is 17.5 Å². The summed E-state index contributed by atoms with van der Waals surface area (Å²) in [5.41, 5.74) is 0. The van der Waals surface area contributed by atoms with Crippen molar-refractivity contribution in [3.63, 3.8) is 0 Å². The van der Waals surface area contributed by atoms with Gasteiger partial charge in [0.2, 0.25) is 0 Å². The van der Waals surface area contributed by atoms with E-state index in [0.29, 0.717) is 0 Å². The van der Waals surface area contributed by atoms with E-state index in [1.165, 1.54) is 0 Å². The summed E-state index contributed by atoms with van der Waals surface area (Å²) in [6.45, 7) is 7.40. The minimum absolute atomic E-state index is 0.0384. The van der Waals surface area contributed by atoms with Gasteiger partial charge in [-0.05, 0) is 13.8 Å². The normalized spacial score (nSPS) is 12.4. The maximum Gasteiger partial charge on any atom is 0.153 e. The SMILES string of the molecule is CC(C)NCC(=O)CCS(=O)(=O)C(C)C. The van der Waals surface area contributed by atoms with E-state index in [1.54, 1.807) is 13.8 Å². The Balaban J connectivity index is 3.92. The predicted octanol–water partition coefficient (Wildman–Crippen LogP) is 0.767. The van der Waals surface area contributed by atoms with Gasteiger partial charge in [0.25, 0.3) is 0 Å². The molecule has 0 aromatic rings. The molecule has 0 aliphatic carbocycles. The molecule has 4 nitrogen and oxygen atoms in total. The zero-order valence-electron chi connectivity index (χ0n) is 9.91. The molecule has 0 bridgehead atoms. The maximum absolute atomic E-state index is 11.4. The van der Waals surface area contributed by atoms with Crippen LogP contribution in [-0.4, -0.2) is 37.8 Å². The van der Waals surface area contributed by atoms with Gasteiger partial charge < -0.3 is 5.32 Å². The molecule has 0 aliphatic heterocycles. The zero-order chi connectivity index (χ0) is 12.1. The minimum Gasteiger partial charge on any atom is -0.308 e. The quantitative estimate of drug-likeness (QED) is 0.708. The largest absolute Gasteiger partial charge is 0.308 e. The van der Waals surface area contributed by atoms with E-state index in [4.69, 9.17) is 0 Å². The van der Waals surface area contributed by atoms with Crippen LogP contribution in [0.3, 0.4) is 0 Å². The summed E-state index contributed by atoms with van der Waals surface area (Å²) in [5.74, 6) is -0.0866. The fraction of sp³-hybridized carbons (Fsp3) is 0.900. The second-order valence-corrected chi connectivity index (χ2v) is 6.92. The second kappa shape index (κ2) is 6.23. The highest BCUT2D eigenvalue weighted by Crippen LogP contribution is 2.02. The third-order valence-electron chi connectivity index (χ3n) is 2.09. The van der Waals surface area contributed by atoms with Crippen LogP contribution < -0.4 is 5.32 Å². The van der Waals surface area contributed by atoms with Crippen LogP contribution >= 0.6 is 0 Å². The van der Waals surface area contributed by atoms with Crippen LogP contribution in [-0.2, 0) is 14.6 Å². The van der Waals surface area contributed by atoms with Crippen molar-refractivity contribution in [1.29, 1.82) is 0 Å². The van der Waals surface area contributed by atoms with Gasteiger partial charge in [0.15, 0.2) is 9.84 Å². The van der Waals surface area contributed by atoms with Gasteiger partial charge in [-0.3, -0.25) is 4.79 Å². The molecule has 0 aliphatic rings. The molecule has 0 heterocycles. The lowest BCUT2D eigenvalue weighted by molar-refractivity contribution is -0.117. The molecule has 5 heteroatoms. The first kappa shape index (κ1) is 14.6. The Morgan fingerprint density at radius 3 is 2.13 bits per heavy atom. The van der Waals surface area contributed by atoms with E-state index in [0.717, 1.165) is 0 Å². The zero-order valence-corrected chi connectivity index (χ0v) is 10.7. The first-order valence-electron chi connectivity index (χ1n) is 5.22. The molecule has 0 unspecified atom stereocenters. The summed E-state index contributed by atoms with van der Waals surface area (Å²) in [4.78, 5) is 11.3. The molecule has 0 spiro atoms. The Labute approximate surface area is 92.4 Å². The van der Waals surface area contributed by atoms with Crippen LogP contribution in [0.2, 0.25) is 0 Å². The monoisotopic (exact) mass is 235 g/mol. The molecule has 1 N–H and O–H groups in total. The Morgan fingerprint density at radius 2 is 1.73 bits per heavy atom. The van der Waals surface area contributed by atoms with Gasteiger partial charge in [-0.2, -0.15) is 0 Å². The van der Waals surface area contributed by atoms with Gasteiger partial charge in [-0.1, -0.05) is 13.8 Å². The Kier molecular flexibility index (Phi) is 6.05. The molecule has 0 rings (SSSR count). The van der Waals surface area contributed by atoms with E-state index >= 15 is 0 Å². The van der Waals surface area contributed by atoms with Crippen LogP contribution in [0.1, 0.15) is 34.1 Å². The van der Waals surface area contributed by atoms with Crippen molar-refractivity contribution in [2.75, 3.05) is 12.3 Å². The number of rotatable bonds is 7. The molecule has 0 radical (unpaired) electrons. The van der Waals surface area contributed by atoms with Gasteiger partial charge in [-0.25, -0.2) is 8.42 Å². The fourth-order valence-corrected chi connectivity index (χ4v) is 1.88. The average molecular weight is 235 g/mol. The topological polar surface area (TPSA) is 63.2 Å². The Morgan fingerprint density at radius 1 is 1.20 bits per heavy atom. The summed E-state index contributed by atoms with van der Waals surface area (Å²) >= 11 is 0. The molecule has 0 saturated carbocycles. The Hall–Kier alpha value is -0.420. The predicted molar refractivity (Wildman–Crippen MR) is 61.7 cm³/mol. The first-order valence-corrected chi connectivity index (χ1v) is 6.94. The molecular weight excluding hydrogens is 214 g/mol. The summed E-state index contributed by atoms with van der Waals surface area (Å²) in [5, 5.41) is 2.57. The van der Waals surface area contributed by atoms with Crippen LogP contribution in [0.15, 0.2) is 0 Å². The molecule has 15 heavy (non-hydrogen) atoms. The van der Waals surface area contributed by atoms with E-state index in [-0.39, 0.29) is 30.5 Å². The van der Waals surface area contributed by atoms with E-state index < -0.39 is 15.1 Å². The standard InChI is InChI=1S/C10H21NO3S/c1-8(2)11-7-10(12)5-6-15(13,14)9(3)4/h8-9,11H,5-7H2,1-4H3. The second-order valence-electron chi connectivity index (χ2n) is 4.24. The van der Waals surface area contributed by atoms with Crippen molar-refractivity contribution in [2.45, 2.75) is 45.4 Å². The smallest absolute Gasteiger partial charge is 0.153 e. The van der Waals surface area contributed by atoms with Crippen molar-refractivity contribution in [2.24, 2.45) is 0 Å². The number of hydrogen-bond donors (Lipinski definition) is 1. The lowest BCUT2D eigenvalue weighted by atomic mass is 10.3. The van der Waals surface area contributed by atoms with Gasteiger partial charge in [0, 0.05) is 12.5 Å². The fourth-order valence-electron chi connectivity index (χ4n) is 0.898. The summed E-state index contributed by atoms with van der Waals surface area (Å²) in [7, 11) is -3.08. The van der Waals surface area contributed by atoms with Gasteiger partial charge in [-0.15, -0.1) is 0 Å². The van der Waals surface area contributed by atoms with E-state index in [2.05, 4.69) is 5.32 Å². The lowest BCUT2D eigenvalue weighted by Crippen LogP contribution is -2.30. The van der Waals surface area contributed by atoms with Crippen molar-refractivity contribution >= 4 is 15.6 Å². The maximum atomic E-state index is 11.4. The number of sulfone groups is 1. The number of nitrogens with one attached hydrogen (secondary N) is 1. The summed E-state index contributed by atoms with van der Waals surface area (Å²) in [6, 6.07) is 0.246. The lowest BCUT2D eigenvalue weighted by Gasteiger charge is -2.08. The molecule has 0 amide bonds. The number of hydrogen-bond acceptors (Lipinski definition) is 4. The van der Waals surface area contributed by atoms with Crippen molar-refractivity contribution in [1.82, 2.24) is 5.32 Å². The molecule has 0 aromatic carbocycles. The van der Waals surface area contributed by atoms with Crippen LogP contribution in [0.4, 0.5) is 0 Å². The molecule has 0 fully saturated rings. The Bertz CT molecular complexity index is 294. The molecule has 0 aromatic heterocycles.